The van der Waals surface area contributed by atoms with Crippen molar-refractivity contribution >= 4 is 23.6 Å². The second kappa shape index (κ2) is 8.62. The van der Waals surface area contributed by atoms with Crippen LogP contribution in [-0.2, 0) is 9.59 Å². The summed E-state index contributed by atoms with van der Waals surface area (Å²) in [5.74, 6) is -0.122. The molecule has 0 rings (SSSR count). The van der Waals surface area contributed by atoms with Gasteiger partial charge in [-0.05, 0) is 6.42 Å². The highest BCUT2D eigenvalue weighted by molar-refractivity contribution is 7.99. The Hall–Kier alpha value is -0.970. The van der Waals surface area contributed by atoms with Crippen LogP contribution in [0.1, 0.15) is 12.8 Å². The second-order valence-corrected chi connectivity index (χ2v) is 3.73. The van der Waals surface area contributed by atoms with Crippen LogP contribution in [0.4, 0.5) is 0 Å². The van der Waals surface area contributed by atoms with E-state index in [-0.39, 0.29) is 11.7 Å². The van der Waals surface area contributed by atoms with Crippen LogP contribution in [0.3, 0.4) is 0 Å². The lowest BCUT2D eigenvalue weighted by Gasteiger charge is -2.02. The van der Waals surface area contributed by atoms with Gasteiger partial charge in [0.15, 0.2) is 0 Å². The summed E-state index contributed by atoms with van der Waals surface area (Å²) in [6.07, 6.45) is 2.82. The minimum Gasteiger partial charge on any atom is -0.481 e. The zero-order valence-corrected chi connectivity index (χ0v) is 8.81. The molecule has 0 aliphatic heterocycles. The van der Waals surface area contributed by atoms with Crippen molar-refractivity contribution in [2.24, 2.45) is 0 Å². The van der Waals surface area contributed by atoms with Gasteiger partial charge in [-0.1, -0.05) is 6.08 Å². The molecule has 0 aromatic carbocycles. The van der Waals surface area contributed by atoms with E-state index in [9.17, 15) is 9.59 Å². The van der Waals surface area contributed by atoms with Gasteiger partial charge in [0.1, 0.15) is 0 Å². The fraction of sp³-hybridized carbons (Fsp3) is 0.556. The van der Waals surface area contributed by atoms with Crippen LogP contribution < -0.4 is 5.32 Å². The van der Waals surface area contributed by atoms with Gasteiger partial charge in [-0.3, -0.25) is 9.59 Å². The van der Waals surface area contributed by atoms with Crippen molar-refractivity contribution in [3.8, 4) is 0 Å². The van der Waals surface area contributed by atoms with Crippen LogP contribution in [0.2, 0.25) is 0 Å². The van der Waals surface area contributed by atoms with Crippen LogP contribution in [0.25, 0.3) is 0 Å². The number of hydrogen-bond acceptors (Lipinski definition) is 3. The standard InChI is InChI=1S/C9H15NO3S/c1-2-3-4-8(11)10-5-6-14-7-9(12)13/h2H,1,3-7H2,(H,10,11)(H,12,13). The van der Waals surface area contributed by atoms with Gasteiger partial charge in [-0.2, -0.15) is 0 Å². The number of aliphatic carboxylic acids is 1. The molecule has 0 aliphatic rings. The van der Waals surface area contributed by atoms with E-state index in [1.54, 1.807) is 6.08 Å². The van der Waals surface area contributed by atoms with Crippen molar-refractivity contribution in [3.63, 3.8) is 0 Å². The Kier molecular flexibility index (Phi) is 8.02. The van der Waals surface area contributed by atoms with E-state index < -0.39 is 5.97 Å². The molecule has 0 bridgehead atoms. The van der Waals surface area contributed by atoms with Gasteiger partial charge in [-0.25, -0.2) is 0 Å². The minimum absolute atomic E-state index is 0.0131. The highest BCUT2D eigenvalue weighted by Gasteiger charge is 1.99. The monoisotopic (exact) mass is 217 g/mol. The van der Waals surface area contributed by atoms with E-state index in [0.717, 1.165) is 0 Å². The topological polar surface area (TPSA) is 66.4 Å². The molecule has 0 radical (unpaired) electrons. The van der Waals surface area contributed by atoms with Crippen molar-refractivity contribution < 1.29 is 14.7 Å². The third kappa shape index (κ3) is 9.12. The maximum absolute atomic E-state index is 11.0. The fourth-order valence-corrected chi connectivity index (χ4v) is 1.31. The fourth-order valence-electron chi connectivity index (χ4n) is 0.744. The van der Waals surface area contributed by atoms with Crippen LogP contribution in [0.15, 0.2) is 12.7 Å². The molecule has 1 amide bonds. The zero-order chi connectivity index (χ0) is 10.8. The number of amides is 1. The summed E-state index contributed by atoms with van der Waals surface area (Å²) >= 11 is 1.29. The van der Waals surface area contributed by atoms with Gasteiger partial charge in [0.2, 0.25) is 5.91 Å². The molecule has 0 aromatic rings. The molecule has 0 fully saturated rings. The number of hydrogen-bond donors (Lipinski definition) is 2. The van der Waals surface area contributed by atoms with Crippen LogP contribution in [-0.4, -0.2) is 35.0 Å². The van der Waals surface area contributed by atoms with E-state index >= 15 is 0 Å². The number of carboxylic acids is 1. The number of thioether (sulfide) groups is 1. The first kappa shape index (κ1) is 13.0. The first-order chi connectivity index (χ1) is 6.66. The molecular weight excluding hydrogens is 202 g/mol. The summed E-state index contributed by atoms with van der Waals surface area (Å²) in [4.78, 5) is 21.1. The number of carbonyl (C=O) groups is 2. The predicted octanol–water partition coefficient (Wildman–Crippen LogP) is 0.887. The first-order valence-corrected chi connectivity index (χ1v) is 5.49. The molecule has 0 atom stereocenters. The van der Waals surface area contributed by atoms with Gasteiger partial charge in [0.05, 0.1) is 5.75 Å². The molecule has 0 saturated carbocycles. The largest absolute Gasteiger partial charge is 0.481 e. The zero-order valence-electron chi connectivity index (χ0n) is 7.99. The van der Waals surface area contributed by atoms with Gasteiger partial charge >= 0.3 is 5.97 Å². The quantitative estimate of drug-likeness (QED) is 0.468. The molecule has 0 spiro atoms. The van der Waals surface area contributed by atoms with Gasteiger partial charge in [0, 0.05) is 18.7 Å². The smallest absolute Gasteiger partial charge is 0.313 e. The van der Waals surface area contributed by atoms with E-state index in [2.05, 4.69) is 11.9 Å². The molecule has 4 nitrogen and oxygen atoms in total. The van der Waals surface area contributed by atoms with Crippen molar-refractivity contribution in [1.82, 2.24) is 5.32 Å². The average Bonchev–Trinajstić information content (AvgIpc) is 2.13. The normalized spacial score (nSPS) is 9.43. The summed E-state index contributed by atoms with van der Waals surface area (Å²) in [7, 11) is 0. The molecule has 0 saturated heterocycles. The molecule has 0 aliphatic carbocycles. The maximum atomic E-state index is 11.0. The van der Waals surface area contributed by atoms with E-state index in [0.29, 0.717) is 25.1 Å². The number of nitrogens with one attached hydrogen (secondary N) is 1. The predicted molar refractivity (Wildman–Crippen MR) is 57.4 cm³/mol. The van der Waals surface area contributed by atoms with Crippen molar-refractivity contribution in [2.75, 3.05) is 18.1 Å². The Morgan fingerprint density at radius 1 is 1.50 bits per heavy atom. The lowest BCUT2D eigenvalue weighted by molar-refractivity contribution is -0.133. The maximum Gasteiger partial charge on any atom is 0.313 e. The van der Waals surface area contributed by atoms with E-state index in [4.69, 9.17) is 5.11 Å². The van der Waals surface area contributed by atoms with Crippen molar-refractivity contribution in [3.05, 3.63) is 12.7 Å². The van der Waals surface area contributed by atoms with Gasteiger partial charge in [-0.15, -0.1) is 18.3 Å². The Bertz CT molecular complexity index is 206. The van der Waals surface area contributed by atoms with Crippen molar-refractivity contribution in [1.29, 1.82) is 0 Å². The Morgan fingerprint density at radius 3 is 2.79 bits per heavy atom. The molecule has 14 heavy (non-hydrogen) atoms. The number of carboxylic acid groups (broad SMARTS) is 1. The van der Waals surface area contributed by atoms with Crippen LogP contribution in [0.5, 0.6) is 0 Å². The van der Waals surface area contributed by atoms with Gasteiger partial charge in [0.25, 0.3) is 0 Å². The molecule has 0 heterocycles. The molecule has 2 N–H and O–H groups in total. The Labute approximate surface area is 87.8 Å². The Morgan fingerprint density at radius 2 is 2.21 bits per heavy atom. The number of rotatable bonds is 8. The number of allylic oxidation sites excluding steroid dienone is 1. The molecular formula is C9H15NO3S. The summed E-state index contributed by atoms with van der Waals surface area (Å²) < 4.78 is 0. The third-order valence-corrected chi connectivity index (χ3v) is 2.31. The summed E-state index contributed by atoms with van der Waals surface area (Å²) in [6, 6.07) is 0. The van der Waals surface area contributed by atoms with Crippen molar-refractivity contribution in [2.45, 2.75) is 12.8 Å². The average molecular weight is 217 g/mol. The first-order valence-electron chi connectivity index (χ1n) is 4.34. The SMILES string of the molecule is C=CCCC(=O)NCCSCC(=O)O. The molecule has 0 unspecified atom stereocenters. The molecule has 5 heteroatoms. The highest BCUT2D eigenvalue weighted by atomic mass is 32.2. The lowest BCUT2D eigenvalue weighted by atomic mass is 10.3. The molecule has 80 valence electrons. The van der Waals surface area contributed by atoms with E-state index in [1.807, 2.05) is 0 Å². The second-order valence-electron chi connectivity index (χ2n) is 2.62. The third-order valence-electron chi connectivity index (χ3n) is 1.37. The lowest BCUT2D eigenvalue weighted by Crippen LogP contribution is -2.25. The summed E-state index contributed by atoms with van der Waals surface area (Å²) in [5.41, 5.74) is 0. The number of carbonyl (C=O) groups excluding carboxylic acids is 1. The van der Waals surface area contributed by atoms with Gasteiger partial charge < -0.3 is 10.4 Å². The summed E-state index contributed by atoms with van der Waals surface area (Å²) in [5, 5.41) is 11.0. The Balaban J connectivity index is 3.22. The minimum atomic E-state index is -0.826. The van der Waals surface area contributed by atoms with Crippen LogP contribution >= 0.6 is 11.8 Å². The van der Waals surface area contributed by atoms with Crippen LogP contribution in [0, 0.1) is 0 Å². The highest BCUT2D eigenvalue weighted by Crippen LogP contribution is 1.97. The summed E-state index contributed by atoms with van der Waals surface area (Å²) in [6.45, 7) is 4.03. The molecule has 0 aromatic heterocycles. The van der Waals surface area contributed by atoms with E-state index in [1.165, 1.54) is 11.8 Å².